The first-order valence-corrected chi connectivity index (χ1v) is 9.44. The van der Waals surface area contributed by atoms with E-state index in [9.17, 15) is 4.79 Å². The Bertz CT molecular complexity index is 648. The van der Waals surface area contributed by atoms with Crippen molar-refractivity contribution in [3.8, 4) is 0 Å². The topological polar surface area (TPSA) is 41.1 Å². The highest BCUT2D eigenvalue weighted by molar-refractivity contribution is 9.10. The molecule has 0 unspecified atom stereocenters. The summed E-state index contributed by atoms with van der Waals surface area (Å²) in [7, 11) is 0. The second-order valence-corrected chi connectivity index (χ2v) is 7.01. The maximum atomic E-state index is 12.2. The molecule has 122 valence electrons. The molecule has 0 heterocycles. The van der Waals surface area contributed by atoms with Crippen molar-refractivity contribution >= 4 is 39.3 Å². The fourth-order valence-corrected chi connectivity index (χ4v) is 3.60. The van der Waals surface area contributed by atoms with E-state index in [2.05, 4.69) is 39.6 Å². The Labute approximate surface area is 150 Å². The Morgan fingerprint density at radius 2 is 1.87 bits per heavy atom. The zero-order valence-electron chi connectivity index (χ0n) is 13.1. The van der Waals surface area contributed by atoms with Gasteiger partial charge >= 0.3 is 0 Å². The summed E-state index contributed by atoms with van der Waals surface area (Å²) in [4.78, 5) is 13.3. The van der Waals surface area contributed by atoms with E-state index in [1.54, 1.807) is 11.8 Å². The van der Waals surface area contributed by atoms with E-state index >= 15 is 0 Å². The van der Waals surface area contributed by atoms with Crippen LogP contribution in [0.1, 0.15) is 18.9 Å². The smallest absolute Gasteiger partial charge is 0.225 e. The van der Waals surface area contributed by atoms with E-state index in [0.29, 0.717) is 6.42 Å². The first-order valence-electron chi connectivity index (χ1n) is 7.66. The minimum absolute atomic E-state index is 0.0495. The number of thioether (sulfide) groups is 1. The lowest BCUT2D eigenvalue weighted by Crippen LogP contribution is -2.17. The van der Waals surface area contributed by atoms with Gasteiger partial charge in [-0.25, -0.2) is 0 Å². The number of carbonyl (C=O) groups excluding carboxylic acids is 1. The minimum atomic E-state index is 0.0495. The first-order chi connectivity index (χ1) is 11.2. The number of hydrogen-bond donors (Lipinski definition) is 2. The number of carbonyl (C=O) groups is 1. The molecule has 5 heteroatoms. The van der Waals surface area contributed by atoms with Crippen molar-refractivity contribution < 1.29 is 4.79 Å². The molecule has 23 heavy (non-hydrogen) atoms. The van der Waals surface area contributed by atoms with E-state index in [4.69, 9.17) is 0 Å². The second-order valence-electron chi connectivity index (χ2n) is 5.01. The molecule has 0 saturated carbocycles. The summed E-state index contributed by atoms with van der Waals surface area (Å²) in [5.74, 6) is 0.803. The highest BCUT2D eigenvalue weighted by Crippen LogP contribution is 2.27. The molecule has 0 radical (unpaired) electrons. The number of para-hydroxylation sites is 1. The number of benzene rings is 2. The molecule has 0 aliphatic heterocycles. The van der Waals surface area contributed by atoms with E-state index in [1.807, 2.05) is 42.5 Å². The van der Waals surface area contributed by atoms with Gasteiger partial charge < -0.3 is 10.6 Å². The molecule has 0 saturated heterocycles. The Kier molecular flexibility index (Phi) is 7.65. The monoisotopic (exact) mass is 392 g/mol. The number of anilines is 1. The molecule has 0 aromatic heterocycles. The van der Waals surface area contributed by atoms with Gasteiger partial charge in [0.2, 0.25) is 5.91 Å². The molecule has 3 nitrogen and oxygen atoms in total. The number of hydrogen-bond acceptors (Lipinski definition) is 3. The van der Waals surface area contributed by atoms with Gasteiger partial charge in [0.25, 0.3) is 0 Å². The zero-order valence-corrected chi connectivity index (χ0v) is 15.5. The predicted octanol–water partition coefficient (Wildman–Crippen LogP) is 4.68. The summed E-state index contributed by atoms with van der Waals surface area (Å²) in [5, 5.41) is 6.30. The Morgan fingerprint density at radius 1 is 1.13 bits per heavy atom. The SMILES string of the molecule is CCNCc1ccccc1NC(=O)CCSc1ccccc1Br. The molecule has 0 aliphatic carbocycles. The van der Waals surface area contributed by atoms with Crippen LogP contribution in [0.5, 0.6) is 0 Å². The fraction of sp³-hybridized carbons (Fsp3) is 0.278. The van der Waals surface area contributed by atoms with Crippen LogP contribution in [0.2, 0.25) is 0 Å². The number of rotatable bonds is 8. The molecule has 2 aromatic rings. The third kappa shape index (κ3) is 6.01. The molecule has 1 amide bonds. The molecule has 0 bridgehead atoms. The summed E-state index contributed by atoms with van der Waals surface area (Å²) < 4.78 is 1.07. The third-order valence-corrected chi connectivity index (χ3v) is 5.31. The van der Waals surface area contributed by atoms with Gasteiger partial charge in [-0.2, -0.15) is 0 Å². The average Bonchev–Trinajstić information content (AvgIpc) is 2.56. The van der Waals surface area contributed by atoms with E-state index in [-0.39, 0.29) is 5.91 Å². The summed E-state index contributed by atoms with van der Waals surface area (Å²) in [6, 6.07) is 16.0. The average molecular weight is 393 g/mol. The van der Waals surface area contributed by atoms with Crippen LogP contribution in [0.4, 0.5) is 5.69 Å². The Hall–Kier alpha value is -1.30. The van der Waals surface area contributed by atoms with Gasteiger partial charge in [-0.3, -0.25) is 4.79 Å². The van der Waals surface area contributed by atoms with Crippen LogP contribution < -0.4 is 10.6 Å². The molecular formula is C18H21BrN2OS. The molecule has 0 spiro atoms. The van der Waals surface area contributed by atoms with E-state index < -0.39 is 0 Å². The van der Waals surface area contributed by atoms with Crippen molar-refractivity contribution in [2.75, 3.05) is 17.6 Å². The van der Waals surface area contributed by atoms with Gasteiger partial charge in [0.1, 0.15) is 0 Å². The van der Waals surface area contributed by atoms with Gasteiger partial charge in [0, 0.05) is 33.8 Å². The molecule has 2 aromatic carbocycles. The number of amides is 1. The molecule has 0 aliphatic rings. The lowest BCUT2D eigenvalue weighted by atomic mass is 10.1. The Morgan fingerprint density at radius 3 is 2.65 bits per heavy atom. The van der Waals surface area contributed by atoms with Gasteiger partial charge in [-0.15, -0.1) is 11.8 Å². The molecule has 0 atom stereocenters. The van der Waals surface area contributed by atoms with Crippen LogP contribution >= 0.6 is 27.7 Å². The Balaban J connectivity index is 1.84. The van der Waals surface area contributed by atoms with Gasteiger partial charge in [-0.1, -0.05) is 37.3 Å². The molecule has 0 fully saturated rings. The normalized spacial score (nSPS) is 10.5. The minimum Gasteiger partial charge on any atom is -0.326 e. The summed E-state index contributed by atoms with van der Waals surface area (Å²) >= 11 is 5.21. The summed E-state index contributed by atoms with van der Waals surface area (Å²) in [6.07, 6.45) is 0.488. The number of halogens is 1. The van der Waals surface area contributed by atoms with Crippen LogP contribution in [0.3, 0.4) is 0 Å². The van der Waals surface area contributed by atoms with Crippen molar-refractivity contribution in [1.29, 1.82) is 0 Å². The van der Waals surface area contributed by atoms with E-state index in [0.717, 1.165) is 39.5 Å². The van der Waals surface area contributed by atoms with Crippen molar-refractivity contribution in [2.45, 2.75) is 24.8 Å². The lowest BCUT2D eigenvalue weighted by Gasteiger charge is -2.11. The van der Waals surface area contributed by atoms with E-state index in [1.165, 1.54) is 0 Å². The number of nitrogens with one attached hydrogen (secondary N) is 2. The van der Waals surface area contributed by atoms with Crippen molar-refractivity contribution in [2.24, 2.45) is 0 Å². The second kappa shape index (κ2) is 9.75. The summed E-state index contributed by atoms with van der Waals surface area (Å²) in [6.45, 7) is 3.74. The van der Waals surface area contributed by atoms with Crippen molar-refractivity contribution in [3.63, 3.8) is 0 Å². The fourth-order valence-electron chi connectivity index (χ4n) is 2.08. The molecular weight excluding hydrogens is 372 g/mol. The highest BCUT2D eigenvalue weighted by Gasteiger charge is 2.07. The molecule has 2 N–H and O–H groups in total. The maximum Gasteiger partial charge on any atom is 0.225 e. The van der Waals surface area contributed by atoms with Crippen LogP contribution in [0, 0.1) is 0 Å². The standard InChI is InChI=1S/C18H21BrN2OS/c1-2-20-13-14-7-3-5-9-16(14)21-18(22)11-12-23-17-10-6-4-8-15(17)19/h3-10,20H,2,11-13H2,1H3,(H,21,22). The van der Waals surface area contributed by atoms with Crippen LogP contribution in [-0.2, 0) is 11.3 Å². The molecule has 2 rings (SSSR count). The van der Waals surface area contributed by atoms with Gasteiger partial charge in [-0.05, 0) is 46.2 Å². The zero-order chi connectivity index (χ0) is 16.5. The van der Waals surface area contributed by atoms with Crippen LogP contribution in [-0.4, -0.2) is 18.2 Å². The van der Waals surface area contributed by atoms with Crippen LogP contribution in [0.15, 0.2) is 57.9 Å². The largest absolute Gasteiger partial charge is 0.326 e. The first kappa shape index (κ1) is 18.0. The lowest BCUT2D eigenvalue weighted by molar-refractivity contribution is -0.115. The van der Waals surface area contributed by atoms with Gasteiger partial charge in [0.15, 0.2) is 0 Å². The maximum absolute atomic E-state index is 12.2. The van der Waals surface area contributed by atoms with Crippen LogP contribution in [0.25, 0.3) is 0 Å². The highest BCUT2D eigenvalue weighted by atomic mass is 79.9. The predicted molar refractivity (Wildman–Crippen MR) is 102 cm³/mol. The van der Waals surface area contributed by atoms with Crippen molar-refractivity contribution in [3.05, 3.63) is 58.6 Å². The quantitative estimate of drug-likeness (QED) is 0.640. The third-order valence-electron chi connectivity index (χ3n) is 3.28. The summed E-state index contributed by atoms with van der Waals surface area (Å²) in [5.41, 5.74) is 2.01. The van der Waals surface area contributed by atoms with Gasteiger partial charge in [0.05, 0.1) is 0 Å². The van der Waals surface area contributed by atoms with Crippen molar-refractivity contribution in [1.82, 2.24) is 5.32 Å².